The van der Waals surface area contributed by atoms with Crippen LogP contribution < -0.4 is 5.32 Å². The van der Waals surface area contributed by atoms with E-state index in [2.05, 4.69) is 12.2 Å². The molecule has 1 aliphatic heterocycles. The van der Waals surface area contributed by atoms with Gasteiger partial charge in [-0.2, -0.15) is 0 Å². The number of ether oxygens (including phenoxy) is 1. The van der Waals surface area contributed by atoms with Gasteiger partial charge in [-0.3, -0.25) is 0 Å². The van der Waals surface area contributed by atoms with Crippen LogP contribution in [0.15, 0.2) is 0 Å². The first-order valence-corrected chi connectivity index (χ1v) is 9.26. The smallest absolute Gasteiger partial charge is 0.0686 e. The zero-order chi connectivity index (χ0) is 14.8. The van der Waals surface area contributed by atoms with Gasteiger partial charge in [0.1, 0.15) is 0 Å². The Morgan fingerprint density at radius 1 is 1.05 bits per heavy atom. The first kappa shape index (κ1) is 15.8. The molecule has 21 heavy (non-hydrogen) atoms. The fraction of sp³-hybridized carbons (Fsp3) is 1.00. The maximum atomic E-state index is 11.2. The largest absolute Gasteiger partial charge is 0.390 e. The van der Waals surface area contributed by atoms with Gasteiger partial charge in [0.05, 0.1) is 11.2 Å². The second kappa shape index (κ2) is 6.55. The summed E-state index contributed by atoms with van der Waals surface area (Å²) in [4.78, 5) is 0. The van der Waals surface area contributed by atoms with Crippen LogP contribution in [0.4, 0.5) is 0 Å². The van der Waals surface area contributed by atoms with Crippen molar-refractivity contribution in [1.82, 2.24) is 5.32 Å². The van der Waals surface area contributed by atoms with Crippen LogP contribution >= 0.6 is 0 Å². The Balaban J connectivity index is 1.60. The van der Waals surface area contributed by atoms with Crippen molar-refractivity contribution in [3.8, 4) is 0 Å². The number of hydrogen-bond acceptors (Lipinski definition) is 3. The maximum Gasteiger partial charge on any atom is 0.0686 e. The molecule has 0 bridgehead atoms. The lowest BCUT2D eigenvalue weighted by atomic mass is 9.66. The highest BCUT2D eigenvalue weighted by molar-refractivity contribution is 4.99. The summed E-state index contributed by atoms with van der Waals surface area (Å²) in [5.41, 5.74) is -0.296. The van der Waals surface area contributed by atoms with Crippen molar-refractivity contribution in [3.63, 3.8) is 0 Å². The first-order valence-electron chi connectivity index (χ1n) is 9.26. The highest BCUT2D eigenvalue weighted by atomic mass is 16.5. The van der Waals surface area contributed by atoms with E-state index in [9.17, 15) is 5.11 Å². The molecule has 2 saturated carbocycles. The molecule has 0 amide bonds. The van der Waals surface area contributed by atoms with Crippen molar-refractivity contribution >= 4 is 0 Å². The van der Waals surface area contributed by atoms with Crippen molar-refractivity contribution < 1.29 is 9.84 Å². The number of nitrogens with one attached hydrogen (secondary N) is 1. The van der Waals surface area contributed by atoms with Gasteiger partial charge in [0, 0.05) is 12.6 Å². The van der Waals surface area contributed by atoms with E-state index in [4.69, 9.17) is 4.74 Å². The summed E-state index contributed by atoms with van der Waals surface area (Å²) >= 11 is 0. The molecular formula is C18H33NO2. The number of rotatable bonds is 3. The minimum Gasteiger partial charge on any atom is -0.390 e. The Morgan fingerprint density at radius 3 is 2.43 bits per heavy atom. The molecule has 0 aromatic carbocycles. The third-order valence-electron chi connectivity index (χ3n) is 6.36. The Kier molecular flexibility index (Phi) is 4.92. The molecule has 122 valence electrons. The predicted molar refractivity (Wildman–Crippen MR) is 85.4 cm³/mol. The normalized spacial score (nSPS) is 40.3. The minimum atomic E-state index is -0.417. The maximum absolute atomic E-state index is 11.2. The summed E-state index contributed by atoms with van der Waals surface area (Å²) < 4.78 is 6.21. The van der Waals surface area contributed by atoms with Crippen LogP contribution in [0, 0.1) is 5.92 Å². The summed E-state index contributed by atoms with van der Waals surface area (Å²) in [6.45, 7) is 4.08. The van der Waals surface area contributed by atoms with Crippen molar-refractivity contribution in [2.24, 2.45) is 5.92 Å². The fourth-order valence-corrected chi connectivity index (χ4v) is 5.05. The summed E-state index contributed by atoms with van der Waals surface area (Å²) in [6, 6.07) is 0.624. The van der Waals surface area contributed by atoms with E-state index in [0.29, 0.717) is 12.0 Å². The highest BCUT2D eigenvalue weighted by Gasteiger charge is 2.47. The van der Waals surface area contributed by atoms with Crippen molar-refractivity contribution in [3.05, 3.63) is 0 Å². The number of aliphatic hydroxyl groups is 1. The molecule has 3 heteroatoms. The molecule has 0 radical (unpaired) electrons. The Hall–Kier alpha value is -0.120. The van der Waals surface area contributed by atoms with Crippen molar-refractivity contribution in [2.75, 3.05) is 13.2 Å². The van der Waals surface area contributed by atoms with Crippen LogP contribution in [0.2, 0.25) is 0 Å². The summed E-state index contributed by atoms with van der Waals surface area (Å²) in [5.74, 6) is 0.465. The van der Waals surface area contributed by atoms with Gasteiger partial charge in [0.25, 0.3) is 0 Å². The van der Waals surface area contributed by atoms with E-state index in [-0.39, 0.29) is 5.60 Å². The molecule has 2 N–H and O–H groups in total. The van der Waals surface area contributed by atoms with Crippen LogP contribution in [0.3, 0.4) is 0 Å². The molecule has 1 atom stereocenters. The van der Waals surface area contributed by atoms with Crippen LogP contribution in [0.25, 0.3) is 0 Å². The van der Waals surface area contributed by atoms with Gasteiger partial charge in [-0.1, -0.05) is 26.2 Å². The quantitative estimate of drug-likeness (QED) is 0.838. The van der Waals surface area contributed by atoms with E-state index in [1.807, 2.05) is 0 Å². The topological polar surface area (TPSA) is 41.5 Å². The summed E-state index contributed by atoms with van der Waals surface area (Å²) in [7, 11) is 0. The summed E-state index contributed by atoms with van der Waals surface area (Å²) in [6.07, 6.45) is 12.8. The first-order chi connectivity index (χ1) is 10.2. The molecule has 1 saturated heterocycles. The van der Waals surface area contributed by atoms with Gasteiger partial charge in [-0.15, -0.1) is 0 Å². The molecule has 0 aromatic heterocycles. The van der Waals surface area contributed by atoms with E-state index < -0.39 is 5.60 Å². The minimum absolute atomic E-state index is 0.120. The zero-order valence-electron chi connectivity index (χ0n) is 13.7. The zero-order valence-corrected chi connectivity index (χ0v) is 13.7. The average molecular weight is 295 g/mol. The highest BCUT2D eigenvalue weighted by Crippen LogP contribution is 2.47. The van der Waals surface area contributed by atoms with E-state index in [0.717, 1.165) is 51.7 Å². The summed E-state index contributed by atoms with van der Waals surface area (Å²) in [5, 5.41) is 14.8. The lowest BCUT2D eigenvalue weighted by molar-refractivity contribution is -0.164. The lowest BCUT2D eigenvalue weighted by Gasteiger charge is -2.50. The monoisotopic (exact) mass is 295 g/mol. The molecule has 1 unspecified atom stereocenters. The fourth-order valence-electron chi connectivity index (χ4n) is 5.05. The lowest BCUT2D eigenvalue weighted by Crippen LogP contribution is -2.52. The number of hydrogen-bond donors (Lipinski definition) is 2. The average Bonchev–Trinajstić information content (AvgIpc) is 2.51. The van der Waals surface area contributed by atoms with Crippen molar-refractivity contribution in [2.45, 2.75) is 94.8 Å². The van der Waals surface area contributed by atoms with Crippen LogP contribution in [-0.2, 0) is 4.74 Å². The molecule has 1 heterocycles. The van der Waals surface area contributed by atoms with E-state index in [1.165, 1.54) is 32.1 Å². The Labute approximate surface area is 129 Å². The van der Waals surface area contributed by atoms with Gasteiger partial charge in [0.15, 0.2) is 0 Å². The van der Waals surface area contributed by atoms with Crippen LogP contribution in [0.1, 0.15) is 77.6 Å². The molecule has 3 fully saturated rings. The predicted octanol–water partition coefficient (Wildman–Crippen LogP) is 3.40. The third kappa shape index (κ3) is 3.46. The molecule has 2 aliphatic carbocycles. The van der Waals surface area contributed by atoms with Crippen LogP contribution in [0.5, 0.6) is 0 Å². The molecule has 3 rings (SSSR count). The van der Waals surface area contributed by atoms with Gasteiger partial charge in [-0.05, 0) is 63.8 Å². The second-order valence-electron chi connectivity index (χ2n) is 7.72. The molecule has 3 aliphatic rings. The third-order valence-corrected chi connectivity index (χ3v) is 6.36. The molecular weight excluding hydrogens is 262 g/mol. The molecule has 3 nitrogen and oxygen atoms in total. The van der Waals surface area contributed by atoms with Crippen molar-refractivity contribution in [1.29, 1.82) is 0 Å². The van der Waals surface area contributed by atoms with Crippen LogP contribution in [-0.4, -0.2) is 35.5 Å². The second-order valence-corrected chi connectivity index (χ2v) is 7.72. The SMILES string of the molecule is CCNC1CCC(O)(C2CCOC3(CCCCC3)C2)CC1. The Morgan fingerprint density at radius 2 is 1.76 bits per heavy atom. The standard InChI is InChI=1S/C18H33NO2/c1-2-19-16-6-11-18(20,12-7-16)15-8-13-21-17(14-15)9-4-3-5-10-17/h15-16,19-20H,2-14H2,1H3. The van der Waals surface area contributed by atoms with Gasteiger partial charge in [0.2, 0.25) is 0 Å². The van der Waals surface area contributed by atoms with E-state index in [1.54, 1.807) is 0 Å². The van der Waals surface area contributed by atoms with Gasteiger partial charge < -0.3 is 15.2 Å². The molecule has 1 spiro atoms. The van der Waals surface area contributed by atoms with Gasteiger partial charge >= 0.3 is 0 Å². The Bertz CT molecular complexity index is 325. The molecule has 0 aromatic rings. The van der Waals surface area contributed by atoms with Gasteiger partial charge in [-0.25, -0.2) is 0 Å². The van der Waals surface area contributed by atoms with E-state index >= 15 is 0 Å².